The van der Waals surface area contributed by atoms with Crippen molar-refractivity contribution >= 4 is 23.2 Å². The molecule has 0 aromatic carbocycles. The number of fused-ring (bicyclic) bond motifs is 1. The van der Waals surface area contributed by atoms with E-state index in [1.807, 2.05) is 0 Å². The van der Waals surface area contributed by atoms with Crippen molar-refractivity contribution in [1.82, 2.24) is 0 Å². The molecule has 0 aromatic rings. The average molecular weight is 195 g/mol. The Morgan fingerprint density at radius 2 is 2.00 bits per heavy atom. The van der Waals surface area contributed by atoms with Gasteiger partial charge < -0.3 is 4.74 Å². The Hall–Kier alpha value is 0.540. The first-order chi connectivity index (χ1) is 5.23. The monoisotopic (exact) mass is 194 g/mol. The third-order valence-electron chi connectivity index (χ3n) is 2.59. The van der Waals surface area contributed by atoms with Crippen LogP contribution in [0.15, 0.2) is 0 Å². The molecule has 1 heterocycles. The molecular weight excluding hydrogens is 183 g/mol. The summed E-state index contributed by atoms with van der Waals surface area (Å²) in [6.45, 7) is 0.836. The summed E-state index contributed by atoms with van der Waals surface area (Å²) in [6, 6.07) is 0. The van der Waals surface area contributed by atoms with Crippen LogP contribution in [0.4, 0.5) is 0 Å². The Kier molecular flexibility index (Phi) is 2.07. The van der Waals surface area contributed by atoms with Gasteiger partial charge in [0.1, 0.15) is 4.33 Å². The Bertz CT molecular complexity index is 142. The molecule has 3 heteroatoms. The van der Waals surface area contributed by atoms with E-state index in [9.17, 15) is 0 Å². The van der Waals surface area contributed by atoms with E-state index in [0.717, 1.165) is 19.4 Å². The molecule has 1 saturated carbocycles. The van der Waals surface area contributed by atoms with Gasteiger partial charge in [0.2, 0.25) is 0 Å². The number of alkyl halides is 2. The van der Waals surface area contributed by atoms with E-state index in [4.69, 9.17) is 27.9 Å². The summed E-state index contributed by atoms with van der Waals surface area (Å²) < 4.78 is 4.96. The van der Waals surface area contributed by atoms with E-state index >= 15 is 0 Å². The van der Waals surface area contributed by atoms with Crippen molar-refractivity contribution in [2.45, 2.75) is 36.1 Å². The Morgan fingerprint density at radius 3 is 2.82 bits per heavy atom. The molecule has 64 valence electrons. The van der Waals surface area contributed by atoms with E-state index in [1.165, 1.54) is 12.8 Å². The van der Waals surface area contributed by atoms with Gasteiger partial charge in [0, 0.05) is 12.5 Å². The maximum atomic E-state index is 6.00. The highest BCUT2D eigenvalue weighted by Gasteiger charge is 2.63. The van der Waals surface area contributed by atoms with Gasteiger partial charge >= 0.3 is 0 Å². The van der Waals surface area contributed by atoms with E-state index in [0.29, 0.717) is 5.92 Å². The molecule has 1 aliphatic carbocycles. The summed E-state index contributed by atoms with van der Waals surface area (Å²) >= 11 is 12.0. The van der Waals surface area contributed by atoms with Crippen molar-refractivity contribution in [2.24, 2.45) is 5.92 Å². The van der Waals surface area contributed by atoms with Gasteiger partial charge in [-0.25, -0.2) is 0 Å². The molecule has 1 saturated heterocycles. The normalized spacial score (nSPS) is 42.0. The van der Waals surface area contributed by atoms with Crippen molar-refractivity contribution in [3.05, 3.63) is 0 Å². The average Bonchev–Trinajstić information content (AvgIpc) is 2.29. The minimum atomic E-state index is -0.551. The van der Waals surface area contributed by atoms with Crippen LogP contribution in [-0.4, -0.2) is 17.0 Å². The summed E-state index contributed by atoms with van der Waals surface area (Å²) in [7, 11) is 0. The van der Waals surface area contributed by atoms with Gasteiger partial charge in [-0.1, -0.05) is 36.0 Å². The molecule has 11 heavy (non-hydrogen) atoms. The molecule has 0 amide bonds. The third kappa shape index (κ3) is 1.39. The zero-order valence-corrected chi connectivity index (χ0v) is 7.87. The molecule has 0 unspecified atom stereocenters. The van der Waals surface area contributed by atoms with Gasteiger partial charge in [0.05, 0.1) is 6.10 Å². The highest BCUT2D eigenvalue weighted by Crippen LogP contribution is 2.58. The second-order valence-corrected chi connectivity index (χ2v) is 4.87. The van der Waals surface area contributed by atoms with Crippen molar-refractivity contribution in [3.8, 4) is 0 Å². The number of hydrogen-bond donors (Lipinski definition) is 0. The van der Waals surface area contributed by atoms with Crippen LogP contribution in [0.5, 0.6) is 0 Å². The first kappa shape index (κ1) is 8.15. The van der Waals surface area contributed by atoms with Crippen LogP contribution in [0.1, 0.15) is 25.7 Å². The lowest BCUT2D eigenvalue weighted by Gasteiger charge is -2.06. The quantitative estimate of drug-likeness (QED) is 0.540. The second-order valence-electron chi connectivity index (χ2n) is 3.42. The van der Waals surface area contributed by atoms with Crippen LogP contribution < -0.4 is 0 Å². The zero-order chi connectivity index (χ0) is 7.90. The highest BCUT2D eigenvalue weighted by molar-refractivity contribution is 6.51. The molecular formula is C8H12Cl2O. The molecule has 1 aliphatic heterocycles. The Labute approximate surface area is 77.0 Å². The summed E-state index contributed by atoms with van der Waals surface area (Å²) in [4.78, 5) is 0. The molecule has 0 bridgehead atoms. The molecule has 0 radical (unpaired) electrons. The molecule has 2 atom stereocenters. The minimum absolute atomic E-state index is 0.131. The van der Waals surface area contributed by atoms with Crippen LogP contribution in [0.2, 0.25) is 0 Å². The molecule has 0 N–H and O–H groups in total. The van der Waals surface area contributed by atoms with Gasteiger partial charge in [-0.05, 0) is 12.8 Å². The molecule has 0 aromatic heterocycles. The van der Waals surface area contributed by atoms with E-state index in [-0.39, 0.29) is 6.10 Å². The Morgan fingerprint density at radius 1 is 1.18 bits per heavy atom. The first-order valence-electron chi connectivity index (χ1n) is 4.22. The molecule has 2 aliphatic rings. The van der Waals surface area contributed by atoms with Crippen molar-refractivity contribution in [2.75, 3.05) is 6.61 Å². The fraction of sp³-hybridized carbons (Fsp3) is 1.00. The predicted octanol–water partition coefficient (Wildman–Crippen LogP) is 2.75. The molecule has 0 spiro atoms. The van der Waals surface area contributed by atoms with Crippen molar-refractivity contribution < 1.29 is 4.74 Å². The maximum absolute atomic E-state index is 6.00. The first-order valence-corrected chi connectivity index (χ1v) is 4.98. The summed E-state index contributed by atoms with van der Waals surface area (Å²) in [6.07, 6.45) is 4.94. The minimum Gasteiger partial charge on any atom is -0.375 e. The standard InChI is InChI=1S/C8H12Cl2O/c9-8(10)6-4-2-1-3-5-11-7(6)8/h6-7H,1-5H2/t6-,7-/m0/s1. The second kappa shape index (κ2) is 2.79. The topological polar surface area (TPSA) is 9.23 Å². The van der Waals surface area contributed by atoms with Gasteiger partial charge in [-0.15, -0.1) is 0 Å². The zero-order valence-electron chi connectivity index (χ0n) is 6.35. The third-order valence-corrected chi connectivity index (χ3v) is 3.58. The van der Waals surface area contributed by atoms with Crippen LogP contribution in [0.25, 0.3) is 0 Å². The van der Waals surface area contributed by atoms with Crippen molar-refractivity contribution in [1.29, 1.82) is 0 Å². The summed E-state index contributed by atoms with van der Waals surface area (Å²) in [5.41, 5.74) is 0. The maximum Gasteiger partial charge on any atom is 0.149 e. The fourth-order valence-corrected chi connectivity index (χ4v) is 2.53. The number of rotatable bonds is 0. The van der Waals surface area contributed by atoms with Gasteiger partial charge in [-0.2, -0.15) is 0 Å². The largest absolute Gasteiger partial charge is 0.375 e. The summed E-state index contributed by atoms with van der Waals surface area (Å²) in [5, 5.41) is 0. The van der Waals surface area contributed by atoms with Crippen LogP contribution in [0.3, 0.4) is 0 Å². The van der Waals surface area contributed by atoms with E-state index in [1.54, 1.807) is 0 Å². The van der Waals surface area contributed by atoms with Crippen LogP contribution >= 0.6 is 23.2 Å². The molecule has 2 rings (SSSR count). The smallest absolute Gasteiger partial charge is 0.149 e. The Balaban J connectivity index is 1.95. The van der Waals surface area contributed by atoms with Gasteiger partial charge in [0.15, 0.2) is 0 Å². The number of ether oxygens (including phenoxy) is 1. The number of halogens is 2. The van der Waals surface area contributed by atoms with Crippen LogP contribution in [-0.2, 0) is 4.74 Å². The fourth-order valence-electron chi connectivity index (χ4n) is 1.78. The molecule has 2 fully saturated rings. The van der Waals surface area contributed by atoms with Gasteiger partial charge in [-0.3, -0.25) is 0 Å². The highest BCUT2D eigenvalue weighted by atomic mass is 35.5. The molecule has 1 nitrogen and oxygen atoms in total. The summed E-state index contributed by atoms with van der Waals surface area (Å²) in [5.74, 6) is 0.408. The van der Waals surface area contributed by atoms with E-state index in [2.05, 4.69) is 0 Å². The van der Waals surface area contributed by atoms with Crippen LogP contribution in [0, 0.1) is 5.92 Å². The lowest BCUT2D eigenvalue weighted by molar-refractivity contribution is 0.0955. The number of hydrogen-bond acceptors (Lipinski definition) is 1. The van der Waals surface area contributed by atoms with E-state index < -0.39 is 4.33 Å². The lowest BCUT2D eigenvalue weighted by atomic mass is 10.1. The van der Waals surface area contributed by atoms with Gasteiger partial charge in [0.25, 0.3) is 0 Å². The SMILES string of the molecule is ClC1(Cl)[C@H]2CCCCCO[C@@H]21. The lowest BCUT2D eigenvalue weighted by Crippen LogP contribution is -2.04. The predicted molar refractivity (Wildman–Crippen MR) is 46.1 cm³/mol. The van der Waals surface area contributed by atoms with Crippen molar-refractivity contribution in [3.63, 3.8) is 0 Å².